The van der Waals surface area contributed by atoms with Gasteiger partial charge in [0.1, 0.15) is 5.69 Å². The molecule has 1 aliphatic carbocycles. The number of ether oxygens (including phenoxy) is 1. The molecule has 3 rings (SSSR count). The standard InChI is InChI=1S/C15H21N3O2/c19-15(17-12-3-1-2-4-12)14-11-13(5-6-16-14)18-7-9-20-10-8-18/h5-6,11-12H,1-4,7-10H2,(H,17,19). The second-order valence-corrected chi connectivity index (χ2v) is 5.45. The van der Waals surface area contributed by atoms with E-state index < -0.39 is 0 Å². The largest absolute Gasteiger partial charge is 0.378 e. The molecule has 0 bridgehead atoms. The Balaban J connectivity index is 1.67. The number of carbonyl (C=O) groups is 1. The van der Waals surface area contributed by atoms with Crippen molar-refractivity contribution in [1.82, 2.24) is 10.3 Å². The SMILES string of the molecule is O=C(NC1CCCC1)c1cc(N2CCOCC2)ccn1. The minimum atomic E-state index is -0.0491. The predicted octanol–water partition coefficient (Wildman–Crippen LogP) is 1.59. The third kappa shape index (κ3) is 3.10. The highest BCUT2D eigenvalue weighted by Gasteiger charge is 2.19. The van der Waals surface area contributed by atoms with Crippen LogP contribution < -0.4 is 10.2 Å². The fourth-order valence-electron chi connectivity index (χ4n) is 2.89. The van der Waals surface area contributed by atoms with Gasteiger partial charge in [0.25, 0.3) is 5.91 Å². The monoisotopic (exact) mass is 275 g/mol. The Kier molecular flexibility index (Phi) is 4.16. The van der Waals surface area contributed by atoms with E-state index in [1.165, 1.54) is 12.8 Å². The van der Waals surface area contributed by atoms with Crippen LogP contribution in [0.5, 0.6) is 0 Å². The lowest BCUT2D eigenvalue weighted by molar-refractivity contribution is 0.0933. The van der Waals surface area contributed by atoms with Gasteiger partial charge >= 0.3 is 0 Å². The molecule has 0 radical (unpaired) electrons. The van der Waals surface area contributed by atoms with Gasteiger partial charge in [0.2, 0.25) is 0 Å². The third-order valence-electron chi connectivity index (χ3n) is 4.04. The number of amides is 1. The first-order valence-corrected chi connectivity index (χ1v) is 7.42. The van der Waals surface area contributed by atoms with E-state index in [1.807, 2.05) is 12.1 Å². The maximum absolute atomic E-state index is 12.2. The van der Waals surface area contributed by atoms with Crippen LogP contribution in [0.2, 0.25) is 0 Å². The van der Waals surface area contributed by atoms with Gasteiger partial charge in [0.15, 0.2) is 0 Å². The summed E-state index contributed by atoms with van der Waals surface area (Å²) >= 11 is 0. The number of aromatic nitrogens is 1. The molecule has 1 saturated carbocycles. The van der Waals surface area contributed by atoms with Crippen molar-refractivity contribution < 1.29 is 9.53 Å². The molecule has 0 spiro atoms. The number of carbonyl (C=O) groups excluding carboxylic acids is 1. The van der Waals surface area contributed by atoms with Crippen LogP contribution >= 0.6 is 0 Å². The summed E-state index contributed by atoms with van der Waals surface area (Å²) in [6, 6.07) is 4.17. The summed E-state index contributed by atoms with van der Waals surface area (Å²) in [4.78, 5) is 18.7. The fourth-order valence-corrected chi connectivity index (χ4v) is 2.89. The van der Waals surface area contributed by atoms with Crippen LogP contribution in [0, 0.1) is 0 Å². The van der Waals surface area contributed by atoms with Crippen LogP contribution in [0.4, 0.5) is 5.69 Å². The van der Waals surface area contributed by atoms with Crippen molar-refractivity contribution in [2.45, 2.75) is 31.7 Å². The molecule has 108 valence electrons. The Bertz CT molecular complexity index is 466. The summed E-state index contributed by atoms with van der Waals surface area (Å²) in [7, 11) is 0. The Morgan fingerprint density at radius 2 is 2.05 bits per heavy atom. The maximum Gasteiger partial charge on any atom is 0.270 e. The Hall–Kier alpha value is -1.62. The predicted molar refractivity (Wildman–Crippen MR) is 77.0 cm³/mol. The average molecular weight is 275 g/mol. The van der Waals surface area contributed by atoms with E-state index >= 15 is 0 Å². The van der Waals surface area contributed by atoms with Crippen molar-refractivity contribution in [3.63, 3.8) is 0 Å². The molecule has 0 aromatic carbocycles. The van der Waals surface area contributed by atoms with Crippen molar-refractivity contribution in [2.75, 3.05) is 31.2 Å². The van der Waals surface area contributed by atoms with Crippen molar-refractivity contribution in [3.8, 4) is 0 Å². The number of hydrogen-bond donors (Lipinski definition) is 1. The molecule has 1 saturated heterocycles. The summed E-state index contributed by atoms with van der Waals surface area (Å²) in [5, 5.41) is 3.08. The lowest BCUT2D eigenvalue weighted by Gasteiger charge is -2.28. The molecule has 20 heavy (non-hydrogen) atoms. The smallest absolute Gasteiger partial charge is 0.270 e. The van der Waals surface area contributed by atoms with Crippen molar-refractivity contribution in [2.24, 2.45) is 0 Å². The van der Waals surface area contributed by atoms with Crippen LogP contribution in [0.1, 0.15) is 36.2 Å². The molecule has 2 heterocycles. The molecule has 2 aliphatic rings. The van der Waals surface area contributed by atoms with Crippen LogP contribution in [0.3, 0.4) is 0 Å². The number of morpholine rings is 1. The van der Waals surface area contributed by atoms with Crippen LogP contribution in [-0.4, -0.2) is 43.2 Å². The van der Waals surface area contributed by atoms with Gasteiger partial charge in [-0.25, -0.2) is 0 Å². The minimum Gasteiger partial charge on any atom is -0.378 e. The summed E-state index contributed by atoms with van der Waals surface area (Å²) in [6.07, 6.45) is 6.33. The second-order valence-electron chi connectivity index (χ2n) is 5.45. The van der Waals surface area contributed by atoms with Crippen LogP contribution in [0.25, 0.3) is 0 Å². The average Bonchev–Trinajstić information content (AvgIpc) is 3.01. The zero-order valence-electron chi connectivity index (χ0n) is 11.7. The Morgan fingerprint density at radius 1 is 1.30 bits per heavy atom. The summed E-state index contributed by atoms with van der Waals surface area (Å²) in [5.74, 6) is -0.0491. The molecular formula is C15H21N3O2. The highest BCUT2D eigenvalue weighted by Crippen LogP contribution is 2.19. The van der Waals surface area contributed by atoms with Gasteiger partial charge in [0.05, 0.1) is 13.2 Å². The number of pyridine rings is 1. The van der Waals surface area contributed by atoms with E-state index in [2.05, 4.69) is 15.2 Å². The molecule has 5 heteroatoms. The van der Waals surface area contributed by atoms with Crippen LogP contribution in [0.15, 0.2) is 18.3 Å². The molecule has 1 aromatic rings. The number of nitrogens with one attached hydrogen (secondary N) is 1. The molecule has 1 aliphatic heterocycles. The molecule has 1 aromatic heterocycles. The van der Waals surface area contributed by atoms with Gasteiger partial charge in [-0.3, -0.25) is 9.78 Å². The van der Waals surface area contributed by atoms with E-state index in [1.54, 1.807) is 6.20 Å². The first-order chi connectivity index (χ1) is 9.83. The lowest BCUT2D eigenvalue weighted by Crippen LogP contribution is -2.37. The van der Waals surface area contributed by atoms with E-state index in [4.69, 9.17) is 4.74 Å². The molecule has 1 N–H and O–H groups in total. The molecule has 5 nitrogen and oxygen atoms in total. The van der Waals surface area contributed by atoms with E-state index in [0.717, 1.165) is 44.8 Å². The minimum absolute atomic E-state index is 0.0491. The van der Waals surface area contributed by atoms with Crippen LogP contribution in [-0.2, 0) is 4.74 Å². The van der Waals surface area contributed by atoms with Crippen molar-refractivity contribution in [1.29, 1.82) is 0 Å². The highest BCUT2D eigenvalue weighted by molar-refractivity contribution is 5.93. The van der Waals surface area contributed by atoms with Gasteiger partial charge in [-0.15, -0.1) is 0 Å². The first kappa shape index (κ1) is 13.4. The van der Waals surface area contributed by atoms with Crippen molar-refractivity contribution >= 4 is 11.6 Å². The molecule has 1 amide bonds. The molecule has 2 fully saturated rings. The summed E-state index contributed by atoms with van der Waals surface area (Å²) in [6.45, 7) is 3.22. The van der Waals surface area contributed by atoms with Gasteiger partial charge in [-0.1, -0.05) is 12.8 Å². The maximum atomic E-state index is 12.2. The zero-order valence-corrected chi connectivity index (χ0v) is 11.7. The number of hydrogen-bond acceptors (Lipinski definition) is 4. The number of rotatable bonds is 3. The first-order valence-electron chi connectivity index (χ1n) is 7.42. The second kappa shape index (κ2) is 6.22. The topological polar surface area (TPSA) is 54.5 Å². The third-order valence-corrected chi connectivity index (χ3v) is 4.04. The van der Waals surface area contributed by atoms with Crippen molar-refractivity contribution in [3.05, 3.63) is 24.0 Å². The summed E-state index contributed by atoms with van der Waals surface area (Å²) in [5.41, 5.74) is 1.57. The lowest BCUT2D eigenvalue weighted by atomic mass is 10.2. The quantitative estimate of drug-likeness (QED) is 0.910. The van der Waals surface area contributed by atoms with Gasteiger partial charge in [0, 0.05) is 31.0 Å². The Labute approximate surface area is 119 Å². The highest BCUT2D eigenvalue weighted by atomic mass is 16.5. The fraction of sp³-hybridized carbons (Fsp3) is 0.600. The Morgan fingerprint density at radius 3 is 2.80 bits per heavy atom. The molecular weight excluding hydrogens is 254 g/mol. The molecule has 0 unspecified atom stereocenters. The van der Waals surface area contributed by atoms with Gasteiger partial charge in [-0.2, -0.15) is 0 Å². The summed E-state index contributed by atoms with van der Waals surface area (Å²) < 4.78 is 5.35. The normalized spacial score (nSPS) is 20.1. The number of anilines is 1. The van der Waals surface area contributed by atoms with E-state index in [-0.39, 0.29) is 5.91 Å². The van der Waals surface area contributed by atoms with Gasteiger partial charge in [-0.05, 0) is 25.0 Å². The van der Waals surface area contributed by atoms with E-state index in [0.29, 0.717) is 11.7 Å². The number of nitrogens with zero attached hydrogens (tertiary/aromatic N) is 2. The van der Waals surface area contributed by atoms with Gasteiger partial charge < -0.3 is 15.0 Å². The van der Waals surface area contributed by atoms with E-state index in [9.17, 15) is 4.79 Å². The zero-order chi connectivity index (χ0) is 13.8. The molecule has 0 atom stereocenters.